The number of piperidine rings is 1. The highest BCUT2D eigenvalue weighted by molar-refractivity contribution is 5.80. The van der Waals surface area contributed by atoms with Crippen molar-refractivity contribution in [3.8, 4) is 0 Å². The quantitative estimate of drug-likeness (QED) is 0.813. The van der Waals surface area contributed by atoms with E-state index < -0.39 is 0 Å². The van der Waals surface area contributed by atoms with Gasteiger partial charge in [-0.25, -0.2) is 4.79 Å². The van der Waals surface area contributed by atoms with E-state index >= 15 is 0 Å². The predicted molar refractivity (Wildman–Crippen MR) is 109 cm³/mol. The van der Waals surface area contributed by atoms with Crippen LogP contribution in [0.3, 0.4) is 0 Å². The van der Waals surface area contributed by atoms with E-state index in [4.69, 9.17) is 0 Å². The fourth-order valence-electron chi connectivity index (χ4n) is 4.08. The zero-order chi connectivity index (χ0) is 19.4. The molecule has 1 amide bonds. The SMILES string of the molecule is CNC(=O)Cn1c(=O)n(C2CCN(CCCC(C)C)CC2)c2ccccc21. The van der Waals surface area contributed by atoms with Gasteiger partial charge in [-0.15, -0.1) is 0 Å². The van der Waals surface area contributed by atoms with Gasteiger partial charge in [-0.2, -0.15) is 0 Å². The van der Waals surface area contributed by atoms with Crippen LogP contribution < -0.4 is 11.0 Å². The maximum Gasteiger partial charge on any atom is 0.329 e. The first-order valence-electron chi connectivity index (χ1n) is 10.1. The minimum absolute atomic E-state index is 0.0664. The van der Waals surface area contributed by atoms with Gasteiger partial charge >= 0.3 is 5.69 Å². The number of nitrogens with zero attached hydrogens (tertiary/aromatic N) is 3. The second kappa shape index (κ2) is 8.74. The summed E-state index contributed by atoms with van der Waals surface area (Å²) in [7, 11) is 1.60. The van der Waals surface area contributed by atoms with Gasteiger partial charge in [-0.05, 0) is 50.3 Å². The second-order valence-electron chi connectivity index (χ2n) is 8.01. The highest BCUT2D eigenvalue weighted by atomic mass is 16.2. The average molecular weight is 373 g/mol. The highest BCUT2D eigenvalue weighted by Gasteiger charge is 2.25. The molecule has 0 aliphatic carbocycles. The molecule has 27 heavy (non-hydrogen) atoms. The smallest absolute Gasteiger partial charge is 0.329 e. The molecule has 2 heterocycles. The first-order valence-corrected chi connectivity index (χ1v) is 10.1. The van der Waals surface area contributed by atoms with Crippen molar-refractivity contribution in [2.75, 3.05) is 26.7 Å². The number of likely N-dealkylation sites (tertiary alicyclic amines) is 1. The molecule has 1 fully saturated rings. The summed E-state index contributed by atoms with van der Waals surface area (Å²) < 4.78 is 3.52. The van der Waals surface area contributed by atoms with Crippen LogP contribution in [0, 0.1) is 5.92 Å². The number of benzene rings is 1. The lowest BCUT2D eigenvalue weighted by molar-refractivity contribution is -0.121. The third-order valence-electron chi connectivity index (χ3n) is 5.63. The Morgan fingerprint density at radius 3 is 2.48 bits per heavy atom. The van der Waals surface area contributed by atoms with Crippen molar-refractivity contribution in [2.24, 2.45) is 5.92 Å². The normalized spacial score (nSPS) is 16.3. The first kappa shape index (κ1) is 19.7. The standard InChI is InChI=1S/C21H32N4O2/c1-16(2)7-6-12-23-13-10-17(11-14-23)25-19-9-5-4-8-18(19)24(21(25)27)15-20(26)22-3/h4-5,8-9,16-17H,6-7,10-15H2,1-3H3,(H,22,26). The van der Waals surface area contributed by atoms with Crippen molar-refractivity contribution >= 4 is 16.9 Å². The number of imidazole rings is 1. The van der Waals surface area contributed by atoms with Crippen LogP contribution in [0.5, 0.6) is 0 Å². The van der Waals surface area contributed by atoms with Crippen LogP contribution in [0.25, 0.3) is 11.0 Å². The number of nitrogens with one attached hydrogen (secondary N) is 1. The molecule has 0 spiro atoms. The Hall–Kier alpha value is -2.08. The molecule has 148 valence electrons. The third kappa shape index (κ3) is 4.43. The van der Waals surface area contributed by atoms with E-state index in [1.54, 1.807) is 11.6 Å². The zero-order valence-corrected chi connectivity index (χ0v) is 16.8. The number of fused-ring (bicyclic) bond motifs is 1. The fourth-order valence-corrected chi connectivity index (χ4v) is 4.08. The number of rotatable bonds is 7. The number of aromatic nitrogens is 2. The van der Waals surface area contributed by atoms with Gasteiger partial charge in [0.2, 0.25) is 5.91 Å². The van der Waals surface area contributed by atoms with E-state index in [2.05, 4.69) is 24.1 Å². The molecule has 6 heteroatoms. The predicted octanol–water partition coefficient (Wildman–Crippen LogP) is 2.62. The molecule has 0 saturated carbocycles. The van der Waals surface area contributed by atoms with Gasteiger partial charge in [0.25, 0.3) is 0 Å². The maximum absolute atomic E-state index is 13.1. The lowest BCUT2D eigenvalue weighted by atomic mass is 10.0. The largest absolute Gasteiger partial charge is 0.358 e. The number of amides is 1. The Morgan fingerprint density at radius 2 is 1.85 bits per heavy atom. The monoisotopic (exact) mass is 372 g/mol. The maximum atomic E-state index is 13.1. The summed E-state index contributed by atoms with van der Waals surface area (Å²) in [6, 6.07) is 8.01. The zero-order valence-electron chi connectivity index (χ0n) is 16.8. The van der Waals surface area contributed by atoms with Gasteiger partial charge in [0.15, 0.2) is 0 Å². The summed E-state index contributed by atoms with van der Waals surface area (Å²) >= 11 is 0. The molecule has 1 aromatic heterocycles. The molecule has 0 atom stereocenters. The Kier molecular flexibility index (Phi) is 6.37. The van der Waals surface area contributed by atoms with Crippen molar-refractivity contribution in [1.82, 2.24) is 19.4 Å². The van der Waals surface area contributed by atoms with E-state index in [-0.39, 0.29) is 24.2 Å². The van der Waals surface area contributed by atoms with E-state index in [1.165, 1.54) is 12.8 Å². The van der Waals surface area contributed by atoms with Gasteiger partial charge in [0.1, 0.15) is 6.54 Å². The van der Waals surface area contributed by atoms with Gasteiger partial charge < -0.3 is 10.2 Å². The molecular formula is C21H32N4O2. The Balaban J connectivity index is 1.77. The molecule has 1 N–H and O–H groups in total. The summed E-state index contributed by atoms with van der Waals surface area (Å²) in [6.45, 7) is 7.82. The van der Waals surface area contributed by atoms with Crippen molar-refractivity contribution in [3.63, 3.8) is 0 Å². The fraction of sp³-hybridized carbons (Fsp3) is 0.619. The molecule has 1 aliphatic rings. The Labute approximate surface area is 161 Å². The van der Waals surface area contributed by atoms with Crippen LogP contribution in [-0.2, 0) is 11.3 Å². The van der Waals surface area contributed by atoms with Gasteiger partial charge in [-0.1, -0.05) is 26.0 Å². The van der Waals surface area contributed by atoms with Crippen LogP contribution in [0.2, 0.25) is 0 Å². The molecular weight excluding hydrogens is 340 g/mol. The van der Waals surface area contributed by atoms with Crippen molar-refractivity contribution in [1.29, 1.82) is 0 Å². The number of para-hydroxylation sites is 2. The number of hydrogen-bond donors (Lipinski definition) is 1. The number of likely N-dealkylation sites (N-methyl/N-ethyl adjacent to an activating group) is 1. The molecule has 0 radical (unpaired) electrons. The minimum atomic E-state index is -0.153. The molecule has 3 rings (SSSR count). The minimum Gasteiger partial charge on any atom is -0.358 e. The van der Waals surface area contributed by atoms with Crippen LogP contribution in [-0.4, -0.2) is 46.6 Å². The van der Waals surface area contributed by atoms with Crippen LogP contribution in [0.1, 0.15) is 45.6 Å². The molecule has 1 saturated heterocycles. The molecule has 0 unspecified atom stereocenters. The van der Waals surface area contributed by atoms with Gasteiger partial charge in [-0.3, -0.25) is 13.9 Å². The van der Waals surface area contributed by atoms with Crippen molar-refractivity contribution in [2.45, 2.75) is 52.1 Å². The Morgan fingerprint density at radius 1 is 1.19 bits per heavy atom. The topological polar surface area (TPSA) is 59.3 Å². The number of carbonyl (C=O) groups is 1. The van der Waals surface area contributed by atoms with E-state index in [1.807, 2.05) is 28.8 Å². The molecule has 6 nitrogen and oxygen atoms in total. The summed E-state index contributed by atoms with van der Waals surface area (Å²) in [6.07, 6.45) is 4.48. The second-order valence-corrected chi connectivity index (χ2v) is 8.01. The van der Waals surface area contributed by atoms with E-state index in [9.17, 15) is 9.59 Å². The lowest BCUT2D eigenvalue weighted by Gasteiger charge is -2.32. The average Bonchev–Trinajstić information content (AvgIpc) is 2.94. The van der Waals surface area contributed by atoms with Gasteiger partial charge in [0.05, 0.1) is 11.0 Å². The summed E-state index contributed by atoms with van der Waals surface area (Å²) in [5.74, 6) is 0.604. The van der Waals surface area contributed by atoms with Crippen LogP contribution in [0.4, 0.5) is 0 Å². The highest BCUT2D eigenvalue weighted by Crippen LogP contribution is 2.26. The van der Waals surface area contributed by atoms with E-state index in [0.717, 1.165) is 49.4 Å². The summed E-state index contributed by atoms with van der Waals surface area (Å²) in [5, 5.41) is 2.61. The molecule has 1 aromatic carbocycles. The van der Waals surface area contributed by atoms with Crippen molar-refractivity contribution in [3.05, 3.63) is 34.7 Å². The lowest BCUT2D eigenvalue weighted by Crippen LogP contribution is -2.39. The van der Waals surface area contributed by atoms with Gasteiger partial charge in [0, 0.05) is 26.2 Å². The van der Waals surface area contributed by atoms with Crippen molar-refractivity contribution < 1.29 is 4.79 Å². The summed E-state index contributed by atoms with van der Waals surface area (Å²) in [4.78, 5) is 27.5. The van der Waals surface area contributed by atoms with Crippen LogP contribution >= 0.6 is 0 Å². The van der Waals surface area contributed by atoms with Crippen LogP contribution in [0.15, 0.2) is 29.1 Å². The third-order valence-corrected chi connectivity index (χ3v) is 5.63. The summed E-state index contributed by atoms with van der Waals surface area (Å²) in [5.41, 5.74) is 1.70. The number of carbonyl (C=O) groups excluding carboxylic acids is 1. The number of hydrogen-bond acceptors (Lipinski definition) is 3. The molecule has 1 aliphatic heterocycles. The molecule has 0 bridgehead atoms. The van der Waals surface area contributed by atoms with E-state index in [0.29, 0.717) is 0 Å². The molecule has 2 aromatic rings. The Bertz CT molecular complexity index is 828. The first-order chi connectivity index (χ1) is 13.0.